The Bertz CT molecular complexity index is 462. The van der Waals surface area contributed by atoms with E-state index in [-0.39, 0.29) is 5.91 Å². The number of anilines is 1. The molecule has 0 atom stereocenters. The zero-order valence-electron chi connectivity index (χ0n) is 9.79. The van der Waals surface area contributed by atoms with Gasteiger partial charge in [0.05, 0.1) is 15.8 Å². The number of nitrogens with two attached hydrogens (primary N) is 1. The van der Waals surface area contributed by atoms with Crippen LogP contribution in [0.1, 0.15) is 12.8 Å². The molecule has 0 aromatic heterocycles. The fraction of sp³-hybridized carbons (Fsp3) is 0.417. The summed E-state index contributed by atoms with van der Waals surface area (Å²) in [6.07, 6.45) is 2.20. The zero-order valence-corrected chi connectivity index (χ0v) is 12.1. The molecule has 1 aliphatic heterocycles. The summed E-state index contributed by atoms with van der Waals surface area (Å²) in [4.78, 5) is 14.6. The Morgan fingerprint density at radius 3 is 2.56 bits per heavy atom. The van der Waals surface area contributed by atoms with Gasteiger partial charge in [0.25, 0.3) is 0 Å². The van der Waals surface area contributed by atoms with Gasteiger partial charge in [0.15, 0.2) is 0 Å². The van der Waals surface area contributed by atoms with Crippen molar-refractivity contribution >= 4 is 46.6 Å². The number of nitrogen functional groups attached to an aromatic ring is 1. The van der Waals surface area contributed by atoms with Crippen molar-refractivity contribution < 1.29 is 4.79 Å². The van der Waals surface area contributed by atoms with Crippen LogP contribution in [-0.2, 0) is 4.79 Å². The average Bonchev–Trinajstić information content (AvgIpc) is 2.85. The number of hydrogen-bond donors (Lipinski definition) is 1. The normalized spacial score (nSPS) is 15.1. The van der Waals surface area contributed by atoms with E-state index in [1.807, 2.05) is 4.90 Å². The summed E-state index contributed by atoms with van der Waals surface area (Å²) < 4.78 is 0. The highest BCUT2D eigenvalue weighted by Crippen LogP contribution is 2.33. The molecule has 0 saturated carbocycles. The number of nitrogens with zero attached hydrogens (tertiary/aromatic N) is 1. The number of thioether (sulfide) groups is 1. The van der Waals surface area contributed by atoms with E-state index in [1.165, 1.54) is 11.8 Å². The van der Waals surface area contributed by atoms with Gasteiger partial charge in [0.1, 0.15) is 0 Å². The zero-order chi connectivity index (χ0) is 13.1. The van der Waals surface area contributed by atoms with Crippen molar-refractivity contribution in [2.24, 2.45) is 0 Å². The molecule has 1 heterocycles. The lowest BCUT2D eigenvalue weighted by atomic mass is 10.3. The standard InChI is InChI=1S/C12H14Cl2N2OS/c13-8-5-10(15)11(6-9(8)14)18-7-12(17)16-3-1-2-4-16/h5-6H,1-4,7,15H2. The van der Waals surface area contributed by atoms with Crippen LogP contribution in [-0.4, -0.2) is 29.6 Å². The van der Waals surface area contributed by atoms with E-state index in [4.69, 9.17) is 28.9 Å². The third kappa shape index (κ3) is 3.25. The molecule has 1 fully saturated rings. The minimum atomic E-state index is 0.156. The highest BCUT2D eigenvalue weighted by atomic mass is 35.5. The second-order valence-corrected chi connectivity index (χ2v) is 6.01. The highest BCUT2D eigenvalue weighted by molar-refractivity contribution is 8.00. The predicted octanol–water partition coefficient (Wildman–Crippen LogP) is 3.29. The van der Waals surface area contributed by atoms with Crippen molar-refractivity contribution in [3.8, 4) is 0 Å². The minimum absolute atomic E-state index is 0.156. The van der Waals surface area contributed by atoms with Crippen LogP contribution in [0.25, 0.3) is 0 Å². The van der Waals surface area contributed by atoms with Crippen LogP contribution in [0, 0.1) is 0 Å². The molecule has 1 saturated heterocycles. The maximum Gasteiger partial charge on any atom is 0.232 e. The smallest absolute Gasteiger partial charge is 0.232 e. The fourth-order valence-electron chi connectivity index (χ4n) is 1.87. The number of hydrogen-bond acceptors (Lipinski definition) is 3. The van der Waals surface area contributed by atoms with Crippen molar-refractivity contribution in [2.75, 3.05) is 24.6 Å². The molecule has 0 unspecified atom stereocenters. The van der Waals surface area contributed by atoms with Crippen molar-refractivity contribution in [1.29, 1.82) is 0 Å². The van der Waals surface area contributed by atoms with Crippen LogP contribution in [0.4, 0.5) is 5.69 Å². The second kappa shape index (κ2) is 6.04. The highest BCUT2D eigenvalue weighted by Gasteiger charge is 2.18. The fourth-order valence-corrected chi connectivity index (χ4v) is 3.16. The van der Waals surface area contributed by atoms with E-state index in [0.717, 1.165) is 30.8 Å². The van der Waals surface area contributed by atoms with Crippen molar-refractivity contribution in [1.82, 2.24) is 4.90 Å². The summed E-state index contributed by atoms with van der Waals surface area (Å²) >= 11 is 13.2. The van der Waals surface area contributed by atoms with E-state index < -0.39 is 0 Å². The minimum Gasteiger partial charge on any atom is -0.398 e. The lowest BCUT2D eigenvalue weighted by molar-refractivity contribution is -0.127. The molecule has 0 aliphatic carbocycles. The maximum absolute atomic E-state index is 11.9. The molecule has 1 amide bonds. The molecule has 0 radical (unpaired) electrons. The van der Waals surface area contributed by atoms with E-state index in [9.17, 15) is 4.79 Å². The van der Waals surface area contributed by atoms with Gasteiger partial charge < -0.3 is 10.6 Å². The first-order valence-electron chi connectivity index (χ1n) is 5.73. The maximum atomic E-state index is 11.9. The number of likely N-dealkylation sites (tertiary alicyclic amines) is 1. The monoisotopic (exact) mass is 304 g/mol. The van der Waals surface area contributed by atoms with Gasteiger partial charge in [-0.2, -0.15) is 0 Å². The number of halogens is 2. The molecule has 1 aromatic carbocycles. The summed E-state index contributed by atoms with van der Waals surface area (Å²) in [7, 11) is 0. The van der Waals surface area contributed by atoms with Gasteiger partial charge in [-0.15, -0.1) is 11.8 Å². The van der Waals surface area contributed by atoms with Gasteiger partial charge in [-0.05, 0) is 25.0 Å². The first kappa shape index (κ1) is 13.8. The molecule has 2 N–H and O–H groups in total. The Balaban J connectivity index is 1.97. The van der Waals surface area contributed by atoms with Gasteiger partial charge >= 0.3 is 0 Å². The molecule has 6 heteroatoms. The Morgan fingerprint density at radius 2 is 1.89 bits per heavy atom. The Hall–Kier alpha value is -0.580. The molecule has 98 valence electrons. The molecule has 1 aliphatic rings. The first-order chi connectivity index (χ1) is 8.58. The summed E-state index contributed by atoms with van der Waals surface area (Å²) in [5.74, 6) is 0.547. The number of carbonyl (C=O) groups excluding carboxylic acids is 1. The van der Waals surface area contributed by atoms with E-state index >= 15 is 0 Å². The molecule has 18 heavy (non-hydrogen) atoms. The topological polar surface area (TPSA) is 46.3 Å². The lowest BCUT2D eigenvalue weighted by Gasteiger charge is -2.15. The van der Waals surface area contributed by atoms with Crippen molar-refractivity contribution in [2.45, 2.75) is 17.7 Å². The number of carbonyl (C=O) groups is 1. The molecule has 3 nitrogen and oxygen atoms in total. The van der Waals surface area contributed by atoms with Crippen LogP contribution >= 0.6 is 35.0 Å². The number of amides is 1. The number of benzene rings is 1. The molecule has 2 rings (SSSR count). The summed E-state index contributed by atoms with van der Waals surface area (Å²) in [5.41, 5.74) is 6.40. The summed E-state index contributed by atoms with van der Waals surface area (Å²) in [5, 5.41) is 0.895. The third-order valence-corrected chi connectivity index (χ3v) is 4.64. The lowest BCUT2D eigenvalue weighted by Crippen LogP contribution is -2.29. The SMILES string of the molecule is Nc1cc(Cl)c(Cl)cc1SCC(=O)N1CCCC1. The molecule has 0 spiro atoms. The molecular formula is C12H14Cl2N2OS. The third-order valence-electron chi connectivity index (χ3n) is 2.86. The van der Waals surface area contributed by atoms with E-state index in [2.05, 4.69) is 0 Å². The van der Waals surface area contributed by atoms with Gasteiger partial charge in [-0.3, -0.25) is 4.79 Å². The van der Waals surface area contributed by atoms with Crippen LogP contribution in [0.2, 0.25) is 10.0 Å². The Morgan fingerprint density at radius 1 is 1.28 bits per heavy atom. The molecule has 1 aromatic rings. The van der Waals surface area contributed by atoms with Crippen LogP contribution in [0.5, 0.6) is 0 Å². The van der Waals surface area contributed by atoms with Gasteiger partial charge in [0, 0.05) is 23.7 Å². The molecular weight excluding hydrogens is 291 g/mol. The molecule has 0 bridgehead atoms. The Kier molecular flexibility index (Phi) is 4.65. The second-order valence-electron chi connectivity index (χ2n) is 4.18. The van der Waals surface area contributed by atoms with Crippen LogP contribution in [0.15, 0.2) is 17.0 Å². The number of rotatable bonds is 3. The van der Waals surface area contributed by atoms with Crippen LogP contribution in [0.3, 0.4) is 0 Å². The van der Waals surface area contributed by atoms with Gasteiger partial charge in [-0.1, -0.05) is 23.2 Å². The van der Waals surface area contributed by atoms with Gasteiger partial charge in [-0.25, -0.2) is 0 Å². The quantitative estimate of drug-likeness (QED) is 0.688. The Labute approximate surface area is 121 Å². The van der Waals surface area contributed by atoms with Crippen molar-refractivity contribution in [3.05, 3.63) is 22.2 Å². The first-order valence-corrected chi connectivity index (χ1v) is 7.47. The predicted molar refractivity (Wildman–Crippen MR) is 77.4 cm³/mol. The van der Waals surface area contributed by atoms with Crippen molar-refractivity contribution in [3.63, 3.8) is 0 Å². The van der Waals surface area contributed by atoms with Gasteiger partial charge in [0.2, 0.25) is 5.91 Å². The van der Waals surface area contributed by atoms with E-state index in [1.54, 1.807) is 12.1 Å². The van der Waals surface area contributed by atoms with E-state index in [0.29, 0.717) is 21.5 Å². The average molecular weight is 305 g/mol. The summed E-state index contributed by atoms with van der Waals surface area (Å²) in [6, 6.07) is 3.33. The largest absolute Gasteiger partial charge is 0.398 e. The summed E-state index contributed by atoms with van der Waals surface area (Å²) in [6.45, 7) is 1.74. The van der Waals surface area contributed by atoms with Crippen LogP contribution < -0.4 is 5.73 Å².